The van der Waals surface area contributed by atoms with Gasteiger partial charge in [-0.15, -0.1) is 0 Å². The van der Waals surface area contributed by atoms with Gasteiger partial charge < -0.3 is 19.6 Å². The number of allylic oxidation sites excluding steroid dienone is 2. The Balaban J connectivity index is 0.00000371. The second-order valence-corrected chi connectivity index (χ2v) is 11.4. The van der Waals surface area contributed by atoms with Crippen molar-refractivity contribution < 1.29 is 8.78 Å². The zero-order valence-electron chi connectivity index (χ0n) is 23.6. The van der Waals surface area contributed by atoms with Gasteiger partial charge in [-0.05, 0) is 67.7 Å². The number of aryl methyl sites for hydroxylation is 2. The Morgan fingerprint density at radius 1 is 1.23 bits per heavy atom. The molecule has 1 atom stereocenters. The van der Waals surface area contributed by atoms with E-state index < -0.39 is 13.0 Å². The van der Waals surface area contributed by atoms with Gasteiger partial charge in [-0.25, -0.2) is 18.7 Å². The number of rotatable bonds is 14. The molecular formula is C27H39F2IN7PS. The Morgan fingerprint density at radius 3 is 2.46 bits per heavy atom. The molecule has 2 rings (SSSR count). The quantitative estimate of drug-likeness (QED) is 0.0677. The topological polar surface area (TPSA) is 68.7 Å². The van der Waals surface area contributed by atoms with Gasteiger partial charge in [-0.1, -0.05) is 51.4 Å². The van der Waals surface area contributed by atoms with Gasteiger partial charge in [-0.2, -0.15) is 0 Å². The van der Waals surface area contributed by atoms with E-state index in [1.165, 1.54) is 0 Å². The first-order valence-corrected chi connectivity index (χ1v) is 17.4. The Morgan fingerprint density at radius 2 is 1.90 bits per heavy atom. The summed E-state index contributed by atoms with van der Waals surface area (Å²) in [4.78, 5) is 13.0. The maximum absolute atomic E-state index is 13.3. The van der Waals surface area contributed by atoms with E-state index in [0.717, 1.165) is 22.8 Å². The van der Waals surface area contributed by atoms with E-state index in [9.17, 15) is 8.78 Å². The second kappa shape index (κ2) is 18.2. The van der Waals surface area contributed by atoms with Gasteiger partial charge in [0.25, 0.3) is 6.43 Å². The summed E-state index contributed by atoms with van der Waals surface area (Å²) in [6.45, 7) is 19.1. The maximum atomic E-state index is 13.3. The molecule has 0 saturated heterocycles. The Hall–Kier alpha value is -2.24. The molecule has 1 aromatic heterocycles. The molecule has 39 heavy (non-hydrogen) atoms. The van der Waals surface area contributed by atoms with Crippen LogP contribution in [0.4, 0.5) is 26.0 Å². The van der Waals surface area contributed by atoms with Crippen molar-refractivity contribution in [3.05, 3.63) is 77.3 Å². The van der Waals surface area contributed by atoms with Crippen LogP contribution >= 0.6 is 40.4 Å². The maximum Gasteiger partial charge on any atom is 0.256 e. The number of aliphatic imine (C=N–C) groups is 1. The molecule has 7 nitrogen and oxygen atoms in total. The summed E-state index contributed by atoms with van der Waals surface area (Å²) in [7, 11) is 1.99. The standard InChI is InChI=1S/C25H33F2IN7PS.C2H6/c1-8-37-34(7)22-12-10-9-11-20(22)33-21(25(29-6)18(4)35(36-28)15-23(26)27)13-16(2)31-24-14-17(3)30-19(5)32-24;1-2/h9-14,23,33,36H,2,6,8,15H2,1,3-5,7H3,(H,30,31,32);1-2H3/b21-13+,25-18-;. The second-order valence-electron chi connectivity index (χ2n) is 7.89. The molecule has 0 bridgehead atoms. The minimum atomic E-state index is -2.48. The van der Waals surface area contributed by atoms with E-state index in [2.05, 4.69) is 72.2 Å². The van der Waals surface area contributed by atoms with E-state index in [1.807, 2.05) is 65.1 Å². The first-order valence-electron chi connectivity index (χ1n) is 12.4. The van der Waals surface area contributed by atoms with E-state index in [1.54, 1.807) is 29.6 Å². The van der Waals surface area contributed by atoms with Crippen molar-refractivity contribution in [1.82, 2.24) is 14.6 Å². The molecule has 0 radical (unpaired) electrons. The monoisotopic (exact) mass is 689 g/mol. The molecule has 0 fully saturated rings. The summed E-state index contributed by atoms with van der Waals surface area (Å²) in [6.07, 6.45) is -0.604. The molecule has 0 spiro atoms. The van der Waals surface area contributed by atoms with Gasteiger partial charge in [0.1, 0.15) is 17.3 Å². The molecule has 1 unspecified atom stereocenters. The number of hydrogen-bond donors (Lipinski definition) is 2. The lowest BCUT2D eigenvalue weighted by Gasteiger charge is -2.26. The molecule has 0 aliphatic rings. The van der Waals surface area contributed by atoms with Crippen LogP contribution in [0, 0.1) is 13.8 Å². The molecule has 1 heterocycles. The van der Waals surface area contributed by atoms with Crippen LogP contribution in [0.25, 0.3) is 0 Å². The summed E-state index contributed by atoms with van der Waals surface area (Å²) in [5, 5.41) is 6.65. The molecule has 0 amide bonds. The fraction of sp³-hybridized carbons (Fsp3) is 0.370. The van der Waals surface area contributed by atoms with E-state index in [4.69, 9.17) is 0 Å². The SMILES string of the molecule is C=NC(=C(/C)N(CC(F)F)PI)/C(=C\C(=C)Nc1cc(C)nc(C)n1)Nc1ccccc1N(C)SCC.CC. The third-order valence-electron chi connectivity index (χ3n) is 4.99. The van der Waals surface area contributed by atoms with Gasteiger partial charge in [-0.3, -0.25) is 4.99 Å². The van der Waals surface area contributed by atoms with Crippen LogP contribution in [0.5, 0.6) is 0 Å². The van der Waals surface area contributed by atoms with Crippen LogP contribution < -0.4 is 14.9 Å². The molecular weight excluding hydrogens is 650 g/mol. The van der Waals surface area contributed by atoms with Crippen molar-refractivity contribution >= 4 is 64.3 Å². The zero-order chi connectivity index (χ0) is 29.5. The predicted molar refractivity (Wildman–Crippen MR) is 178 cm³/mol. The van der Waals surface area contributed by atoms with Gasteiger partial charge >= 0.3 is 0 Å². The summed E-state index contributed by atoms with van der Waals surface area (Å²) in [5.41, 5.74) is 4.72. The zero-order valence-corrected chi connectivity index (χ0v) is 27.6. The third-order valence-corrected chi connectivity index (χ3v) is 8.30. The molecule has 0 aliphatic carbocycles. The summed E-state index contributed by atoms with van der Waals surface area (Å²) >= 11 is 3.77. The van der Waals surface area contributed by atoms with Crippen LogP contribution in [0.15, 0.2) is 70.8 Å². The molecule has 214 valence electrons. The van der Waals surface area contributed by atoms with Crippen LogP contribution in [0.3, 0.4) is 0 Å². The van der Waals surface area contributed by atoms with E-state index in [0.29, 0.717) is 34.4 Å². The highest BCUT2D eigenvalue weighted by Gasteiger charge is 2.19. The fourth-order valence-electron chi connectivity index (χ4n) is 3.48. The number of nitrogens with zero attached hydrogens (tertiary/aromatic N) is 5. The third kappa shape index (κ3) is 11.4. The summed E-state index contributed by atoms with van der Waals surface area (Å²) in [5.74, 6) is 2.15. The lowest BCUT2D eigenvalue weighted by molar-refractivity contribution is 0.130. The molecule has 12 heteroatoms. The highest BCUT2D eigenvalue weighted by atomic mass is 127. The molecule has 0 saturated carbocycles. The van der Waals surface area contributed by atoms with Crippen molar-refractivity contribution in [1.29, 1.82) is 0 Å². The van der Waals surface area contributed by atoms with Gasteiger partial charge in [0.15, 0.2) is 0 Å². The minimum absolute atomic E-state index is 0.0989. The number of para-hydroxylation sites is 2. The van der Waals surface area contributed by atoms with Gasteiger partial charge in [0, 0.05) is 42.3 Å². The van der Waals surface area contributed by atoms with Crippen LogP contribution in [-0.2, 0) is 0 Å². The fourth-order valence-corrected chi connectivity index (χ4v) is 6.28. The van der Waals surface area contributed by atoms with Crippen molar-refractivity contribution in [2.45, 2.75) is 48.0 Å². The largest absolute Gasteiger partial charge is 0.352 e. The number of aromatic nitrogens is 2. The number of alkyl halides is 2. The Kier molecular flexibility index (Phi) is 16.2. The summed E-state index contributed by atoms with van der Waals surface area (Å²) in [6, 6.07) is 9.68. The normalized spacial score (nSPS) is 12.0. The summed E-state index contributed by atoms with van der Waals surface area (Å²) < 4.78 is 30.3. The van der Waals surface area contributed by atoms with Gasteiger partial charge in [0.05, 0.1) is 23.6 Å². The Labute approximate surface area is 251 Å². The number of nitrogens with one attached hydrogen (secondary N) is 2. The first kappa shape index (κ1) is 34.8. The molecule has 2 N–H and O–H groups in total. The smallest absolute Gasteiger partial charge is 0.256 e. The minimum Gasteiger partial charge on any atom is -0.352 e. The van der Waals surface area contributed by atoms with Crippen LogP contribution in [-0.4, -0.2) is 47.1 Å². The number of benzene rings is 1. The van der Waals surface area contributed by atoms with Crippen LogP contribution in [0.1, 0.15) is 39.2 Å². The van der Waals surface area contributed by atoms with Crippen molar-refractivity contribution in [3.8, 4) is 0 Å². The van der Waals surface area contributed by atoms with Crippen molar-refractivity contribution in [2.24, 2.45) is 4.99 Å². The number of hydrogen-bond acceptors (Lipinski definition) is 8. The van der Waals surface area contributed by atoms with Crippen molar-refractivity contribution in [3.63, 3.8) is 0 Å². The molecule has 1 aromatic carbocycles. The highest BCUT2D eigenvalue weighted by Crippen LogP contribution is 2.36. The van der Waals surface area contributed by atoms with Crippen LogP contribution in [0.2, 0.25) is 0 Å². The molecule has 0 aliphatic heterocycles. The average molecular weight is 690 g/mol. The Bertz CT molecular complexity index is 1140. The number of halogens is 3. The van der Waals surface area contributed by atoms with Gasteiger partial charge in [0.2, 0.25) is 0 Å². The lowest BCUT2D eigenvalue weighted by atomic mass is 10.2. The van der Waals surface area contributed by atoms with E-state index in [-0.39, 0.29) is 6.37 Å². The van der Waals surface area contributed by atoms with E-state index >= 15 is 0 Å². The molecule has 2 aromatic rings. The highest BCUT2D eigenvalue weighted by molar-refractivity contribution is 14.2. The first-order chi connectivity index (χ1) is 18.6. The van der Waals surface area contributed by atoms with Crippen molar-refractivity contribution in [2.75, 3.05) is 34.3 Å². The number of anilines is 3. The predicted octanol–water partition coefficient (Wildman–Crippen LogP) is 8.59. The average Bonchev–Trinajstić information content (AvgIpc) is 2.88. The lowest BCUT2D eigenvalue weighted by Crippen LogP contribution is -2.21.